The van der Waals surface area contributed by atoms with Gasteiger partial charge in [-0.25, -0.2) is 15.6 Å². The Hall–Kier alpha value is -3.26. The van der Waals surface area contributed by atoms with Gasteiger partial charge in [-0.1, -0.05) is 72.3 Å². The molecule has 6 nitrogen and oxygen atoms in total. The third-order valence-electron chi connectivity index (χ3n) is 4.75. The molecule has 0 aliphatic rings. The number of rotatable bonds is 9. The number of ketones is 1. The smallest absolute Gasteiger partial charge is 0.347 e. The highest BCUT2D eigenvalue weighted by molar-refractivity contribution is 7.12. The Bertz CT molecular complexity index is 1130. The molecule has 0 fully saturated rings. The Morgan fingerprint density at radius 3 is 2.31 bits per heavy atom. The molecular formula is C24H21ClN2O4S. The number of Topliss-reactive ketones (excluding diaryl/α,β-unsaturated/α-hetero) is 1. The van der Waals surface area contributed by atoms with Crippen molar-refractivity contribution in [2.24, 2.45) is 5.84 Å². The lowest BCUT2D eigenvalue weighted by Crippen LogP contribution is -2.58. The number of allylic oxidation sites excluding steroid dienone is 1. The van der Waals surface area contributed by atoms with Crippen LogP contribution in [0.25, 0.3) is 6.08 Å². The number of hydrogen-bond donors (Lipinski definition) is 2. The van der Waals surface area contributed by atoms with E-state index in [1.807, 2.05) is 42.5 Å². The number of aliphatic carboxylic acids is 1. The summed E-state index contributed by atoms with van der Waals surface area (Å²) in [7, 11) is 0. The molecule has 32 heavy (non-hydrogen) atoms. The Morgan fingerprint density at radius 2 is 1.69 bits per heavy atom. The number of nitrogens with zero attached hydrogens (tertiary/aromatic N) is 1. The Kier molecular flexibility index (Phi) is 7.58. The van der Waals surface area contributed by atoms with E-state index in [2.05, 4.69) is 0 Å². The number of carboxylic acids is 1. The van der Waals surface area contributed by atoms with Crippen molar-refractivity contribution in [3.63, 3.8) is 0 Å². The molecule has 0 aliphatic carbocycles. The van der Waals surface area contributed by atoms with E-state index in [1.54, 1.807) is 29.6 Å². The second-order valence-corrected chi connectivity index (χ2v) is 8.58. The maximum Gasteiger partial charge on any atom is 0.347 e. The fourth-order valence-corrected chi connectivity index (χ4v) is 3.99. The number of hydrazine groups is 1. The van der Waals surface area contributed by atoms with Gasteiger partial charge in [-0.3, -0.25) is 9.59 Å². The monoisotopic (exact) mass is 468 g/mol. The maximum absolute atomic E-state index is 12.8. The first-order valence-electron chi connectivity index (χ1n) is 9.70. The lowest BCUT2D eigenvalue weighted by Gasteiger charge is -2.31. The molecule has 3 aromatic rings. The lowest BCUT2D eigenvalue weighted by molar-refractivity contribution is -0.144. The summed E-state index contributed by atoms with van der Waals surface area (Å²) in [5, 5.41) is 11.9. The molecule has 2 aromatic carbocycles. The number of thiophene rings is 1. The van der Waals surface area contributed by atoms with Crippen molar-refractivity contribution in [2.45, 2.75) is 17.8 Å². The highest BCUT2D eigenvalue weighted by Gasteiger charge is 2.46. The Morgan fingerprint density at radius 1 is 1.06 bits per heavy atom. The predicted molar refractivity (Wildman–Crippen MR) is 125 cm³/mol. The van der Waals surface area contributed by atoms with Crippen LogP contribution in [0.15, 0.2) is 78.2 Å². The minimum atomic E-state index is -2.42. The molecule has 3 rings (SSSR count). The summed E-state index contributed by atoms with van der Waals surface area (Å²) in [6, 6.07) is 19.5. The molecule has 1 heterocycles. The van der Waals surface area contributed by atoms with Gasteiger partial charge in [0.15, 0.2) is 5.78 Å². The Balaban J connectivity index is 1.71. The van der Waals surface area contributed by atoms with Crippen molar-refractivity contribution in [3.8, 4) is 0 Å². The molecule has 0 unspecified atom stereocenters. The molecular weight excluding hydrogens is 448 g/mol. The third-order valence-corrected chi connectivity index (χ3v) is 6.21. The molecule has 0 spiro atoms. The van der Waals surface area contributed by atoms with Gasteiger partial charge in [-0.15, -0.1) is 11.3 Å². The summed E-state index contributed by atoms with van der Waals surface area (Å²) < 4.78 is 0. The average molecular weight is 469 g/mol. The van der Waals surface area contributed by atoms with Gasteiger partial charge in [-0.05, 0) is 41.1 Å². The molecule has 1 amide bonds. The van der Waals surface area contributed by atoms with Crippen molar-refractivity contribution in [1.82, 2.24) is 5.01 Å². The van der Waals surface area contributed by atoms with Crippen LogP contribution in [0, 0.1) is 0 Å². The predicted octanol–water partition coefficient (Wildman–Crippen LogP) is 4.61. The van der Waals surface area contributed by atoms with Crippen LogP contribution in [-0.2, 0) is 11.2 Å². The van der Waals surface area contributed by atoms with E-state index in [4.69, 9.17) is 17.4 Å². The summed E-state index contributed by atoms with van der Waals surface area (Å²) in [6.07, 6.45) is 3.94. The van der Waals surface area contributed by atoms with E-state index in [9.17, 15) is 19.5 Å². The molecule has 0 aliphatic heterocycles. The fraction of sp³-hybridized carbons (Fsp3) is 0.125. The summed E-state index contributed by atoms with van der Waals surface area (Å²) in [5.74, 6) is 2.89. The number of alkyl halides is 1. The minimum absolute atomic E-state index is 0.163. The van der Waals surface area contributed by atoms with Crippen LogP contribution in [0.5, 0.6) is 0 Å². The van der Waals surface area contributed by atoms with E-state index in [1.165, 1.54) is 23.5 Å². The molecule has 0 saturated heterocycles. The summed E-state index contributed by atoms with van der Waals surface area (Å²) in [5.41, 5.74) is 2.14. The number of benzene rings is 2. The SMILES string of the molecule is NN(C(=O)c1ccccc1)[C@@](Cl)(CC(=O)c1cc(C=CCc2ccccc2)cs1)C(=O)O. The molecule has 1 atom stereocenters. The molecule has 1 aromatic heterocycles. The first kappa shape index (κ1) is 23.4. The number of carboxylic acid groups (broad SMARTS) is 1. The van der Waals surface area contributed by atoms with Crippen LogP contribution in [0.2, 0.25) is 0 Å². The van der Waals surface area contributed by atoms with Crippen molar-refractivity contribution < 1.29 is 19.5 Å². The van der Waals surface area contributed by atoms with Crippen LogP contribution < -0.4 is 5.84 Å². The highest BCUT2D eigenvalue weighted by Crippen LogP contribution is 2.29. The van der Waals surface area contributed by atoms with Crippen LogP contribution in [0.3, 0.4) is 0 Å². The van der Waals surface area contributed by atoms with E-state index in [0.717, 1.165) is 17.5 Å². The second kappa shape index (κ2) is 10.4. The summed E-state index contributed by atoms with van der Waals surface area (Å²) >= 11 is 7.40. The zero-order chi connectivity index (χ0) is 23.1. The van der Waals surface area contributed by atoms with E-state index >= 15 is 0 Å². The van der Waals surface area contributed by atoms with Gasteiger partial charge in [0.1, 0.15) is 0 Å². The van der Waals surface area contributed by atoms with Crippen molar-refractivity contribution >= 4 is 46.7 Å². The number of nitrogens with two attached hydrogens (primary N) is 1. The van der Waals surface area contributed by atoms with Gasteiger partial charge in [0.05, 0.1) is 11.3 Å². The average Bonchev–Trinajstić information content (AvgIpc) is 3.28. The Labute approximate surface area is 194 Å². The van der Waals surface area contributed by atoms with Crippen LogP contribution in [0.1, 0.15) is 37.6 Å². The van der Waals surface area contributed by atoms with Gasteiger partial charge < -0.3 is 5.11 Å². The molecule has 0 radical (unpaired) electrons. The lowest BCUT2D eigenvalue weighted by atomic mass is 10.1. The van der Waals surface area contributed by atoms with Gasteiger partial charge in [-0.2, -0.15) is 0 Å². The van der Waals surface area contributed by atoms with Crippen LogP contribution in [-0.4, -0.2) is 32.8 Å². The number of amides is 1. The first-order chi connectivity index (χ1) is 15.3. The molecule has 0 bridgehead atoms. The first-order valence-corrected chi connectivity index (χ1v) is 11.0. The molecule has 0 saturated carbocycles. The number of carbonyl (C=O) groups is 3. The summed E-state index contributed by atoms with van der Waals surface area (Å²) in [6.45, 7) is 0. The molecule has 164 valence electrons. The van der Waals surface area contributed by atoms with E-state index in [-0.39, 0.29) is 5.56 Å². The number of carbonyl (C=O) groups excluding carboxylic acids is 2. The minimum Gasteiger partial charge on any atom is -0.479 e. The van der Waals surface area contributed by atoms with Gasteiger partial charge in [0.2, 0.25) is 5.00 Å². The normalized spacial score (nSPS) is 12.9. The number of halogens is 1. The fourth-order valence-electron chi connectivity index (χ4n) is 2.97. The van der Waals surface area contributed by atoms with Crippen LogP contribution in [0.4, 0.5) is 0 Å². The van der Waals surface area contributed by atoms with E-state index in [0.29, 0.717) is 9.89 Å². The standard InChI is InChI=1S/C24H21ClN2O4S/c25-24(23(30)31,27(26)22(29)19-12-5-2-6-13-19)15-20(28)21-14-18(16-32-21)11-7-10-17-8-3-1-4-9-17/h1-9,11-14,16H,10,15,26H2,(H,30,31)/t24-/m0/s1. The largest absolute Gasteiger partial charge is 0.479 e. The zero-order valence-corrected chi connectivity index (χ0v) is 18.6. The number of hydrogen-bond acceptors (Lipinski definition) is 5. The van der Waals surface area contributed by atoms with Crippen molar-refractivity contribution in [2.75, 3.05) is 0 Å². The van der Waals surface area contributed by atoms with E-state index < -0.39 is 29.1 Å². The second-order valence-electron chi connectivity index (χ2n) is 7.04. The van der Waals surface area contributed by atoms with Gasteiger partial charge >= 0.3 is 5.97 Å². The molecule has 8 heteroatoms. The summed E-state index contributed by atoms with van der Waals surface area (Å²) in [4.78, 5) is 35.2. The zero-order valence-electron chi connectivity index (χ0n) is 17.0. The van der Waals surface area contributed by atoms with Gasteiger partial charge in [0.25, 0.3) is 5.91 Å². The van der Waals surface area contributed by atoms with Gasteiger partial charge in [0, 0.05) is 5.56 Å². The molecule has 3 N–H and O–H groups in total. The quantitative estimate of drug-likeness (QED) is 0.119. The highest BCUT2D eigenvalue weighted by atomic mass is 35.5. The third kappa shape index (κ3) is 5.50. The maximum atomic E-state index is 12.8. The van der Waals surface area contributed by atoms with Crippen LogP contribution >= 0.6 is 22.9 Å². The van der Waals surface area contributed by atoms with Crippen molar-refractivity contribution in [3.05, 3.63) is 99.8 Å². The van der Waals surface area contributed by atoms with Crippen molar-refractivity contribution in [1.29, 1.82) is 0 Å². The topological polar surface area (TPSA) is 101 Å².